The van der Waals surface area contributed by atoms with Gasteiger partial charge in [0, 0.05) is 6.54 Å². The Balaban J connectivity index is 1.78. The highest BCUT2D eigenvalue weighted by atomic mass is 32.1. The molecule has 0 saturated carbocycles. The fraction of sp³-hybridized carbons (Fsp3) is 0.118. The predicted molar refractivity (Wildman–Crippen MR) is 94.5 cm³/mol. The minimum Gasteiger partial charge on any atom is -0.397 e. The molecule has 1 amide bonds. The second kappa shape index (κ2) is 6.77. The fourth-order valence-corrected chi connectivity index (χ4v) is 3.47. The predicted octanol–water partition coefficient (Wildman–Crippen LogP) is 2.70. The Hall–Kier alpha value is -3.32. The number of hydrogen-bond donors (Lipinski definition) is 3. The molecule has 2 aromatic heterocycles. The van der Waals surface area contributed by atoms with Gasteiger partial charge in [-0.25, -0.2) is 4.98 Å². The minimum atomic E-state index is -4.41. The summed E-state index contributed by atoms with van der Waals surface area (Å²) in [5.74, 6) is -0.304. The van der Waals surface area contributed by atoms with Crippen molar-refractivity contribution < 1.29 is 22.9 Å². The van der Waals surface area contributed by atoms with Gasteiger partial charge in [0.2, 0.25) is 0 Å². The number of nitriles is 1. The number of benzene rings is 1. The number of nitrogens with zero attached hydrogens (tertiary/aromatic N) is 1. The van der Waals surface area contributed by atoms with Gasteiger partial charge in [0.25, 0.3) is 11.7 Å². The molecule has 0 aliphatic rings. The number of amides is 1. The van der Waals surface area contributed by atoms with E-state index < -0.39 is 17.6 Å². The van der Waals surface area contributed by atoms with Crippen molar-refractivity contribution in [3.63, 3.8) is 0 Å². The van der Waals surface area contributed by atoms with Crippen LogP contribution in [0.4, 0.5) is 24.7 Å². The van der Waals surface area contributed by atoms with Gasteiger partial charge in [0.1, 0.15) is 16.5 Å². The van der Waals surface area contributed by atoms with Crippen LogP contribution in [0.15, 0.2) is 30.3 Å². The van der Waals surface area contributed by atoms with Gasteiger partial charge in [-0.15, -0.1) is 0 Å². The highest BCUT2D eigenvalue weighted by Gasteiger charge is 2.30. The number of thiophene rings is 1. The molecule has 1 aromatic carbocycles. The number of rotatable bonds is 3. The number of carbonyl (C=O) groups excluding carboxylic acids is 1. The van der Waals surface area contributed by atoms with Crippen LogP contribution in [0.3, 0.4) is 0 Å². The van der Waals surface area contributed by atoms with E-state index in [1.165, 1.54) is 18.2 Å². The first-order chi connectivity index (χ1) is 12.7. The molecule has 0 unspecified atom stereocenters. The molecule has 0 radical (unpaired) electrons. The van der Waals surface area contributed by atoms with Gasteiger partial charge in [-0.3, -0.25) is 10.5 Å². The van der Waals surface area contributed by atoms with Crippen LogP contribution < -0.4 is 21.8 Å². The zero-order chi connectivity index (χ0) is 19.8. The number of alkyl halides is 3. The summed E-state index contributed by atoms with van der Waals surface area (Å²) in [5, 5.41) is 12.2. The van der Waals surface area contributed by atoms with Crippen molar-refractivity contribution in [3.05, 3.63) is 51.9 Å². The Morgan fingerprint density at radius 1 is 1.26 bits per heavy atom. The molecular weight excluding hydrogens is 379 g/mol. The van der Waals surface area contributed by atoms with E-state index in [0.29, 0.717) is 15.8 Å². The number of aromatic nitrogens is 1. The summed E-state index contributed by atoms with van der Waals surface area (Å²) in [7, 11) is 0. The number of nitrogens with two attached hydrogens (primary N) is 2. The van der Waals surface area contributed by atoms with E-state index in [-0.39, 0.29) is 28.5 Å². The van der Waals surface area contributed by atoms with Gasteiger partial charge in [-0.2, -0.15) is 18.4 Å². The number of H-pyrrole nitrogens is 1. The van der Waals surface area contributed by atoms with Crippen LogP contribution in [-0.4, -0.2) is 5.91 Å². The van der Waals surface area contributed by atoms with Crippen LogP contribution in [0.2, 0.25) is 0 Å². The van der Waals surface area contributed by atoms with Gasteiger partial charge >= 0.3 is 6.18 Å². The number of nitrogen functional groups attached to an aromatic ring is 2. The molecule has 2 heterocycles. The summed E-state index contributed by atoms with van der Waals surface area (Å²) >= 11 is 1.08. The van der Waals surface area contributed by atoms with Crippen molar-refractivity contribution in [2.45, 2.75) is 12.7 Å². The van der Waals surface area contributed by atoms with E-state index in [0.717, 1.165) is 23.5 Å². The maximum Gasteiger partial charge on any atom is 0.416 e. The number of halogens is 3. The summed E-state index contributed by atoms with van der Waals surface area (Å²) in [5.41, 5.74) is 11.9. The zero-order valence-electron chi connectivity index (χ0n) is 13.6. The lowest BCUT2D eigenvalue weighted by Crippen LogP contribution is -2.22. The van der Waals surface area contributed by atoms with E-state index in [4.69, 9.17) is 16.7 Å². The Labute approximate surface area is 155 Å². The molecule has 0 aliphatic heterocycles. The summed E-state index contributed by atoms with van der Waals surface area (Å²) in [6, 6.07) is 7.93. The summed E-state index contributed by atoms with van der Waals surface area (Å²) in [6.07, 6.45) is -4.41. The first-order valence-electron chi connectivity index (χ1n) is 7.59. The molecule has 3 aromatic rings. The molecule has 0 spiro atoms. The Morgan fingerprint density at radius 2 is 1.93 bits per heavy atom. The van der Waals surface area contributed by atoms with Crippen molar-refractivity contribution in [2.24, 2.45) is 0 Å². The van der Waals surface area contributed by atoms with Crippen molar-refractivity contribution >= 4 is 39.0 Å². The highest BCUT2D eigenvalue weighted by molar-refractivity contribution is 7.20. The van der Waals surface area contributed by atoms with Crippen LogP contribution in [0.1, 0.15) is 26.4 Å². The van der Waals surface area contributed by atoms with Crippen LogP contribution >= 0.6 is 11.3 Å². The molecule has 10 heteroatoms. The third-order valence-corrected chi connectivity index (χ3v) is 5.01. The van der Waals surface area contributed by atoms with Crippen molar-refractivity contribution in [3.8, 4) is 6.07 Å². The normalized spacial score (nSPS) is 11.3. The molecule has 138 valence electrons. The maximum atomic E-state index is 12.6. The van der Waals surface area contributed by atoms with Crippen molar-refractivity contribution in [2.75, 3.05) is 11.5 Å². The van der Waals surface area contributed by atoms with Gasteiger partial charge < -0.3 is 11.1 Å². The Morgan fingerprint density at radius 3 is 2.52 bits per heavy atom. The number of anilines is 2. The van der Waals surface area contributed by atoms with E-state index in [1.807, 2.05) is 6.07 Å². The number of nitrogens with one attached hydrogen (secondary N) is 2. The van der Waals surface area contributed by atoms with Crippen LogP contribution in [0.25, 0.3) is 10.2 Å². The molecule has 6 N–H and O–H groups in total. The van der Waals surface area contributed by atoms with E-state index >= 15 is 0 Å². The lowest BCUT2D eigenvalue weighted by atomic mass is 10.1. The van der Waals surface area contributed by atoms with Crippen LogP contribution in [0, 0.1) is 11.3 Å². The Kier molecular flexibility index (Phi) is 4.63. The zero-order valence-corrected chi connectivity index (χ0v) is 14.5. The molecule has 0 aliphatic carbocycles. The van der Waals surface area contributed by atoms with Crippen LogP contribution in [-0.2, 0) is 12.7 Å². The second-order valence-electron chi connectivity index (χ2n) is 5.67. The van der Waals surface area contributed by atoms with Crippen molar-refractivity contribution in [1.82, 2.24) is 5.32 Å². The lowest BCUT2D eigenvalue weighted by molar-refractivity contribution is -0.323. The molecule has 27 heavy (non-hydrogen) atoms. The van der Waals surface area contributed by atoms with Gasteiger partial charge in [-0.1, -0.05) is 23.5 Å². The molecule has 0 atom stereocenters. The van der Waals surface area contributed by atoms with Crippen LogP contribution in [0.5, 0.6) is 0 Å². The van der Waals surface area contributed by atoms with E-state index in [2.05, 4.69) is 10.3 Å². The first-order valence-corrected chi connectivity index (χ1v) is 8.40. The minimum absolute atomic E-state index is 0.0416. The average molecular weight is 392 g/mol. The fourth-order valence-electron chi connectivity index (χ4n) is 2.44. The van der Waals surface area contributed by atoms with E-state index in [9.17, 15) is 18.0 Å². The van der Waals surface area contributed by atoms with Gasteiger partial charge in [-0.05, 0) is 23.8 Å². The summed E-state index contributed by atoms with van der Waals surface area (Å²) < 4.78 is 37.7. The van der Waals surface area contributed by atoms with E-state index in [1.54, 1.807) is 0 Å². The number of hydrogen-bond acceptors (Lipinski definition) is 5. The molecule has 0 saturated heterocycles. The Bertz CT molecular complexity index is 1070. The third-order valence-electron chi connectivity index (χ3n) is 3.87. The quantitative estimate of drug-likeness (QED) is 0.635. The second-order valence-corrected chi connectivity index (χ2v) is 6.69. The molecule has 6 nitrogen and oxygen atoms in total. The number of aromatic amines is 1. The monoisotopic (exact) mass is 392 g/mol. The SMILES string of the molecule is N#Cc1cc2c(N)c(C(=O)NCc3ccc(C(F)(F)F)cc3)sc2[nH+]c1N. The topological polar surface area (TPSA) is 119 Å². The average Bonchev–Trinajstić information content (AvgIpc) is 2.94. The smallest absolute Gasteiger partial charge is 0.397 e. The molecule has 0 fully saturated rings. The largest absolute Gasteiger partial charge is 0.416 e. The summed E-state index contributed by atoms with van der Waals surface area (Å²) in [4.78, 5) is 16.0. The van der Waals surface area contributed by atoms with Crippen molar-refractivity contribution in [1.29, 1.82) is 5.26 Å². The number of carbonyl (C=O) groups is 1. The number of fused-ring (bicyclic) bond motifs is 1. The lowest BCUT2D eigenvalue weighted by Gasteiger charge is -2.08. The molecular formula is C17H13F3N5OS+. The maximum absolute atomic E-state index is 12.6. The standard InChI is InChI=1S/C17H12F3N5OS/c18-17(19,20)10-3-1-8(2-4-10)7-24-15(26)13-12(22)11-5-9(6-21)14(23)25-16(11)27-13/h1-5H,7,22H2,(H2,23,25)(H,24,26)/p+1. The van der Waals surface area contributed by atoms with Gasteiger partial charge in [0.05, 0.1) is 16.6 Å². The summed E-state index contributed by atoms with van der Waals surface area (Å²) in [6.45, 7) is 0.0416. The third kappa shape index (κ3) is 3.63. The molecule has 3 rings (SSSR count). The number of pyridine rings is 1. The molecule has 0 bridgehead atoms. The van der Waals surface area contributed by atoms with Gasteiger partial charge in [0.15, 0.2) is 4.83 Å². The highest BCUT2D eigenvalue weighted by Crippen LogP contribution is 2.32. The first kappa shape index (κ1) is 18.5.